The van der Waals surface area contributed by atoms with Gasteiger partial charge in [-0.2, -0.15) is 0 Å². The van der Waals surface area contributed by atoms with Crippen molar-refractivity contribution in [2.75, 3.05) is 11.9 Å². The molecule has 1 aromatic carbocycles. The molecule has 1 aromatic rings. The van der Waals surface area contributed by atoms with Gasteiger partial charge in [-0.05, 0) is 24.6 Å². The number of amides is 2. The Balaban J connectivity index is 2.61. The van der Waals surface area contributed by atoms with E-state index in [0.29, 0.717) is 6.54 Å². The molecule has 0 spiro atoms. The van der Waals surface area contributed by atoms with Crippen LogP contribution in [0.3, 0.4) is 0 Å². The number of rotatable bonds is 6. The monoisotopic (exact) mass is 268 g/mol. The highest BCUT2D eigenvalue weighted by Gasteiger charge is 2.13. The third-order valence-corrected chi connectivity index (χ3v) is 2.53. The molecule has 0 aliphatic heterocycles. The van der Waals surface area contributed by atoms with E-state index < -0.39 is 17.8 Å². The molecule has 0 fully saturated rings. The van der Waals surface area contributed by atoms with Crippen molar-refractivity contribution in [3.05, 3.63) is 29.6 Å². The second-order valence-corrected chi connectivity index (χ2v) is 4.08. The number of anilines is 1. The molecule has 19 heavy (non-hydrogen) atoms. The molecule has 0 unspecified atom stereocenters. The lowest BCUT2D eigenvalue weighted by molar-refractivity contribution is 0.0697. The number of unbranched alkanes of at least 4 members (excludes halogenated alkanes) is 2. The molecule has 0 saturated heterocycles. The summed E-state index contributed by atoms with van der Waals surface area (Å²) in [6.07, 6.45) is 2.92. The van der Waals surface area contributed by atoms with Gasteiger partial charge in [0.05, 0.1) is 11.3 Å². The van der Waals surface area contributed by atoms with E-state index in [1.165, 1.54) is 6.07 Å². The minimum atomic E-state index is -1.29. The topological polar surface area (TPSA) is 78.4 Å². The first kappa shape index (κ1) is 14.9. The first-order valence-electron chi connectivity index (χ1n) is 6.12. The molecule has 0 aliphatic rings. The van der Waals surface area contributed by atoms with Gasteiger partial charge in [0.15, 0.2) is 0 Å². The highest BCUT2D eigenvalue weighted by Crippen LogP contribution is 2.16. The highest BCUT2D eigenvalue weighted by atomic mass is 19.1. The zero-order chi connectivity index (χ0) is 14.3. The third kappa shape index (κ3) is 4.95. The van der Waals surface area contributed by atoms with E-state index in [1.54, 1.807) is 0 Å². The number of carbonyl (C=O) groups excluding carboxylic acids is 1. The van der Waals surface area contributed by atoms with Gasteiger partial charge >= 0.3 is 12.0 Å². The third-order valence-electron chi connectivity index (χ3n) is 2.53. The van der Waals surface area contributed by atoms with Crippen molar-refractivity contribution in [1.82, 2.24) is 5.32 Å². The predicted octanol–water partition coefficient (Wildman–Crippen LogP) is 2.84. The average molecular weight is 268 g/mol. The van der Waals surface area contributed by atoms with Crippen molar-refractivity contribution in [3.63, 3.8) is 0 Å². The number of benzene rings is 1. The SMILES string of the molecule is CCCCCNC(=O)Nc1ccc(F)cc1C(=O)O. The summed E-state index contributed by atoms with van der Waals surface area (Å²) in [7, 11) is 0. The van der Waals surface area contributed by atoms with E-state index >= 15 is 0 Å². The first-order chi connectivity index (χ1) is 9.04. The van der Waals surface area contributed by atoms with Crippen LogP contribution in [0.2, 0.25) is 0 Å². The van der Waals surface area contributed by atoms with Gasteiger partial charge in [0.25, 0.3) is 0 Å². The Morgan fingerprint density at radius 1 is 1.32 bits per heavy atom. The highest BCUT2D eigenvalue weighted by molar-refractivity contribution is 5.99. The molecule has 0 heterocycles. The van der Waals surface area contributed by atoms with Crippen LogP contribution in [0.5, 0.6) is 0 Å². The van der Waals surface area contributed by atoms with Crippen LogP contribution < -0.4 is 10.6 Å². The minimum absolute atomic E-state index is 0.0712. The van der Waals surface area contributed by atoms with E-state index in [0.717, 1.165) is 31.4 Å². The average Bonchev–Trinajstić information content (AvgIpc) is 2.36. The van der Waals surface area contributed by atoms with Gasteiger partial charge in [0.1, 0.15) is 5.82 Å². The number of hydrogen-bond acceptors (Lipinski definition) is 2. The molecule has 0 bridgehead atoms. The van der Waals surface area contributed by atoms with Gasteiger partial charge in [-0.3, -0.25) is 0 Å². The smallest absolute Gasteiger partial charge is 0.337 e. The van der Waals surface area contributed by atoms with Crippen LogP contribution in [-0.2, 0) is 0 Å². The van der Waals surface area contributed by atoms with Crippen LogP contribution in [0.15, 0.2) is 18.2 Å². The molecule has 5 nitrogen and oxygen atoms in total. The number of nitrogens with one attached hydrogen (secondary N) is 2. The van der Waals surface area contributed by atoms with Gasteiger partial charge in [-0.25, -0.2) is 14.0 Å². The van der Waals surface area contributed by atoms with Crippen LogP contribution in [0, 0.1) is 5.82 Å². The Labute approximate surface area is 110 Å². The maximum Gasteiger partial charge on any atom is 0.337 e. The minimum Gasteiger partial charge on any atom is -0.478 e. The molecule has 2 amide bonds. The molecule has 104 valence electrons. The van der Waals surface area contributed by atoms with E-state index in [1.807, 2.05) is 0 Å². The van der Waals surface area contributed by atoms with E-state index in [2.05, 4.69) is 17.6 Å². The normalized spacial score (nSPS) is 10.0. The van der Waals surface area contributed by atoms with E-state index in [-0.39, 0.29) is 11.3 Å². The quantitative estimate of drug-likeness (QED) is 0.694. The van der Waals surface area contributed by atoms with Gasteiger partial charge in [0.2, 0.25) is 0 Å². The fraction of sp³-hybridized carbons (Fsp3) is 0.385. The molecule has 6 heteroatoms. The molecular weight excluding hydrogens is 251 g/mol. The Morgan fingerprint density at radius 3 is 2.68 bits per heavy atom. The lowest BCUT2D eigenvalue weighted by Crippen LogP contribution is -2.30. The molecule has 0 aliphatic carbocycles. The van der Waals surface area contributed by atoms with E-state index in [4.69, 9.17) is 5.11 Å². The Bertz CT molecular complexity index is 463. The Morgan fingerprint density at radius 2 is 2.05 bits per heavy atom. The molecule has 0 saturated carbocycles. The summed E-state index contributed by atoms with van der Waals surface area (Å²) in [5.41, 5.74) is -0.203. The summed E-state index contributed by atoms with van der Waals surface area (Å²) < 4.78 is 12.9. The van der Waals surface area contributed by atoms with Crippen molar-refractivity contribution in [1.29, 1.82) is 0 Å². The fourth-order valence-corrected chi connectivity index (χ4v) is 1.55. The summed E-state index contributed by atoms with van der Waals surface area (Å²) in [6.45, 7) is 2.57. The summed E-state index contributed by atoms with van der Waals surface area (Å²) in [6, 6.07) is 2.70. The van der Waals surface area contributed by atoms with Crippen LogP contribution >= 0.6 is 0 Å². The number of carbonyl (C=O) groups is 2. The Kier molecular flexibility index (Phi) is 5.78. The predicted molar refractivity (Wildman–Crippen MR) is 69.9 cm³/mol. The first-order valence-corrected chi connectivity index (χ1v) is 6.12. The molecule has 0 atom stereocenters. The molecular formula is C13H17FN2O3. The summed E-state index contributed by atoms with van der Waals surface area (Å²) in [5.74, 6) is -1.95. The van der Waals surface area contributed by atoms with Crippen LogP contribution in [0.1, 0.15) is 36.5 Å². The fourth-order valence-electron chi connectivity index (χ4n) is 1.55. The standard InChI is InChI=1S/C13H17FN2O3/c1-2-3-4-7-15-13(19)16-11-6-5-9(14)8-10(11)12(17)18/h5-6,8H,2-4,7H2,1H3,(H,17,18)(H2,15,16,19). The van der Waals surface area contributed by atoms with Gasteiger partial charge < -0.3 is 15.7 Å². The summed E-state index contributed by atoms with van der Waals surface area (Å²) in [5, 5.41) is 13.9. The van der Waals surface area contributed by atoms with Gasteiger partial charge in [-0.15, -0.1) is 0 Å². The van der Waals surface area contributed by atoms with Crippen molar-refractivity contribution in [2.24, 2.45) is 0 Å². The van der Waals surface area contributed by atoms with Crippen LogP contribution in [-0.4, -0.2) is 23.7 Å². The van der Waals surface area contributed by atoms with Crippen LogP contribution in [0.25, 0.3) is 0 Å². The van der Waals surface area contributed by atoms with Crippen molar-refractivity contribution in [3.8, 4) is 0 Å². The number of aromatic carboxylic acids is 1. The molecule has 0 aromatic heterocycles. The maximum atomic E-state index is 12.9. The van der Waals surface area contributed by atoms with Gasteiger partial charge in [-0.1, -0.05) is 19.8 Å². The zero-order valence-corrected chi connectivity index (χ0v) is 10.7. The number of carboxylic acid groups (broad SMARTS) is 1. The second kappa shape index (κ2) is 7.35. The summed E-state index contributed by atoms with van der Waals surface area (Å²) in [4.78, 5) is 22.4. The zero-order valence-electron chi connectivity index (χ0n) is 10.7. The molecule has 3 N–H and O–H groups in total. The van der Waals surface area contributed by atoms with Crippen molar-refractivity contribution in [2.45, 2.75) is 26.2 Å². The lowest BCUT2D eigenvalue weighted by Gasteiger charge is -2.09. The number of halogens is 1. The largest absolute Gasteiger partial charge is 0.478 e. The van der Waals surface area contributed by atoms with Crippen molar-refractivity contribution < 1.29 is 19.1 Å². The Hall–Kier alpha value is -2.11. The molecule has 0 radical (unpaired) electrons. The lowest BCUT2D eigenvalue weighted by atomic mass is 10.2. The second-order valence-electron chi connectivity index (χ2n) is 4.08. The summed E-state index contributed by atoms with van der Waals surface area (Å²) >= 11 is 0. The number of carboxylic acids is 1. The van der Waals surface area contributed by atoms with E-state index in [9.17, 15) is 14.0 Å². The number of urea groups is 1. The number of hydrogen-bond donors (Lipinski definition) is 3. The van der Waals surface area contributed by atoms with Crippen molar-refractivity contribution >= 4 is 17.7 Å². The van der Waals surface area contributed by atoms with Crippen LogP contribution in [0.4, 0.5) is 14.9 Å². The van der Waals surface area contributed by atoms with Gasteiger partial charge in [0, 0.05) is 6.54 Å². The maximum absolute atomic E-state index is 12.9. The molecule has 1 rings (SSSR count).